The number of morpholine rings is 1. The Morgan fingerprint density at radius 1 is 1.03 bits per heavy atom. The summed E-state index contributed by atoms with van der Waals surface area (Å²) in [6, 6.07) is 18.9. The van der Waals surface area contributed by atoms with Crippen molar-refractivity contribution in [3.63, 3.8) is 0 Å². The standard InChI is InChI=1S/C23H28N4O3S/c1-17-14-26(15-18(2)30-17)16-20-13-22(12-19-6-4-3-5-7-19)27(25-20)21-8-10-23(11-9-21)31(24,28)29/h3-11,13,17-18H,12,14-16H2,1-2H3,(H2,24,28,29)/t17-,18+. The van der Waals surface area contributed by atoms with Crippen LogP contribution in [0.1, 0.15) is 30.8 Å². The number of hydrogen-bond acceptors (Lipinski definition) is 5. The SMILES string of the molecule is C[C@@H]1CN(Cc2cc(Cc3ccccc3)n(-c3ccc(S(N)(=O)=O)cc3)n2)C[C@H](C)O1. The molecule has 31 heavy (non-hydrogen) atoms. The molecule has 0 bridgehead atoms. The van der Waals surface area contributed by atoms with Crippen molar-refractivity contribution in [2.45, 2.75) is 43.9 Å². The van der Waals surface area contributed by atoms with E-state index in [1.165, 1.54) is 17.7 Å². The first-order valence-corrected chi connectivity index (χ1v) is 12.0. The summed E-state index contributed by atoms with van der Waals surface area (Å²) in [5.41, 5.74) is 4.00. The Kier molecular flexibility index (Phi) is 6.24. The predicted octanol–water partition coefficient (Wildman–Crippen LogP) is 2.72. The van der Waals surface area contributed by atoms with Crippen molar-refractivity contribution in [2.24, 2.45) is 5.14 Å². The van der Waals surface area contributed by atoms with Gasteiger partial charge in [0.25, 0.3) is 0 Å². The van der Waals surface area contributed by atoms with Crippen molar-refractivity contribution in [2.75, 3.05) is 13.1 Å². The predicted molar refractivity (Wildman–Crippen MR) is 119 cm³/mol. The first-order chi connectivity index (χ1) is 14.8. The zero-order valence-corrected chi connectivity index (χ0v) is 18.6. The van der Waals surface area contributed by atoms with Gasteiger partial charge in [0.1, 0.15) is 0 Å². The maximum absolute atomic E-state index is 11.6. The van der Waals surface area contributed by atoms with Gasteiger partial charge in [-0.1, -0.05) is 30.3 Å². The second-order valence-electron chi connectivity index (χ2n) is 8.19. The zero-order valence-electron chi connectivity index (χ0n) is 17.8. The lowest BCUT2D eigenvalue weighted by Gasteiger charge is -2.34. The van der Waals surface area contributed by atoms with Crippen LogP contribution in [0.5, 0.6) is 0 Å². The van der Waals surface area contributed by atoms with Crippen molar-refractivity contribution in [1.82, 2.24) is 14.7 Å². The van der Waals surface area contributed by atoms with E-state index in [0.717, 1.165) is 43.1 Å². The van der Waals surface area contributed by atoms with E-state index in [0.29, 0.717) is 0 Å². The van der Waals surface area contributed by atoms with Gasteiger partial charge in [-0.05, 0) is 49.7 Å². The van der Waals surface area contributed by atoms with Crippen LogP contribution >= 0.6 is 0 Å². The van der Waals surface area contributed by atoms with Crippen LogP contribution in [0.4, 0.5) is 0 Å². The highest BCUT2D eigenvalue weighted by atomic mass is 32.2. The number of hydrogen-bond donors (Lipinski definition) is 1. The molecule has 4 rings (SSSR count). The molecule has 2 N–H and O–H groups in total. The molecule has 0 spiro atoms. The Bertz CT molecular complexity index is 1120. The number of aromatic nitrogens is 2. The number of ether oxygens (including phenoxy) is 1. The highest BCUT2D eigenvalue weighted by Crippen LogP contribution is 2.20. The molecule has 0 aliphatic carbocycles. The van der Waals surface area contributed by atoms with Crippen LogP contribution in [-0.4, -0.2) is 48.4 Å². The summed E-state index contributed by atoms with van der Waals surface area (Å²) in [6.45, 7) is 6.66. The summed E-state index contributed by atoms with van der Waals surface area (Å²) < 4.78 is 30.9. The van der Waals surface area contributed by atoms with Gasteiger partial charge in [-0.25, -0.2) is 18.2 Å². The third-order valence-corrected chi connectivity index (χ3v) is 6.28. The smallest absolute Gasteiger partial charge is 0.238 e. The molecule has 0 amide bonds. The van der Waals surface area contributed by atoms with Gasteiger partial charge in [0.05, 0.1) is 28.5 Å². The molecule has 164 valence electrons. The fraction of sp³-hybridized carbons (Fsp3) is 0.348. The molecule has 0 radical (unpaired) electrons. The molecule has 0 saturated carbocycles. The molecule has 1 saturated heterocycles. The highest BCUT2D eigenvalue weighted by Gasteiger charge is 2.23. The molecule has 1 fully saturated rings. The average molecular weight is 441 g/mol. The van der Waals surface area contributed by atoms with E-state index in [1.807, 2.05) is 22.9 Å². The molecule has 8 heteroatoms. The zero-order chi connectivity index (χ0) is 22.0. The fourth-order valence-electron chi connectivity index (χ4n) is 4.13. The summed E-state index contributed by atoms with van der Waals surface area (Å²) in [7, 11) is -3.73. The number of rotatable bonds is 6. The molecular weight excluding hydrogens is 412 g/mol. The number of benzene rings is 2. The van der Waals surface area contributed by atoms with Gasteiger partial charge >= 0.3 is 0 Å². The van der Waals surface area contributed by atoms with Crippen LogP contribution in [0.2, 0.25) is 0 Å². The van der Waals surface area contributed by atoms with Crippen molar-refractivity contribution >= 4 is 10.0 Å². The van der Waals surface area contributed by atoms with Crippen LogP contribution in [0.25, 0.3) is 5.69 Å². The molecule has 1 aliphatic heterocycles. The number of nitrogens with zero attached hydrogens (tertiary/aromatic N) is 3. The van der Waals surface area contributed by atoms with E-state index in [4.69, 9.17) is 15.0 Å². The molecule has 2 atom stereocenters. The Hall–Kier alpha value is -2.52. The Morgan fingerprint density at radius 3 is 2.29 bits per heavy atom. The van der Waals surface area contributed by atoms with Crippen LogP contribution in [0.15, 0.2) is 65.6 Å². The normalized spacial score (nSPS) is 20.1. The molecule has 1 aromatic heterocycles. The maximum atomic E-state index is 11.6. The topological polar surface area (TPSA) is 90.5 Å². The van der Waals surface area contributed by atoms with Gasteiger partial charge in [-0.3, -0.25) is 4.90 Å². The second-order valence-corrected chi connectivity index (χ2v) is 9.75. The molecule has 1 aliphatic rings. The first kappa shape index (κ1) is 21.7. The van der Waals surface area contributed by atoms with E-state index in [-0.39, 0.29) is 17.1 Å². The highest BCUT2D eigenvalue weighted by molar-refractivity contribution is 7.89. The lowest BCUT2D eigenvalue weighted by molar-refractivity contribution is -0.0707. The van der Waals surface area contributed by atoms with Gasteiger partial charge in [0.2, 0.25) is 10.0 Å². The van der Waals surface area contributed by atoms with E-state index in [9.17, 15) is 8.42 Å². The second kappa shape index (κ2) is 8.92. The van der Waals surface area contributed by atoms with Gasteiger partial charge in [0, 0.05) is 31.7 Å². The third kappa shape index (κ3) is 5.40. The van der Waals surface area contributed by atoms with Crippen LogP contribution in [-0.2, 0) is 27.7 Å². The first-order valence-electron chi connectivity index (χ1n) is 10.4. The van der Waals surface area contributed by atoms with Gasteiger partial charge in [0.15, 0.2) is 0 Å². The van der Waals surface area contributed by atoms with Crippen molar-refractivity contribution in [1.29, 1.82) is 0 Å². The van der Waals surface area contributed by atoms with E-state index >= 15 is 0 Å². The summed E-state index contributed by atoms with van der Waals surface area (Å²) in [6.07, 6.45) is 1.11. The van der Waals surface area contributed by atoms with Gasteiger partial charge in [-0.2, -0.15) is 5.10 Å². The molecule has 2 heterocycles. The Morgan fingerprint density at radius 2 is 1.68 bits per heavy atom. The molecule has 0 unspecified atom stereocenters. The summed E-state index contributed by atoms with van der Waals surface area (Å²) >= 11 is 0. The Labute approximate surface area is 183 Å². The minimum Gasteiger partial charge on any atom is -0.373 e. The van der Waals surface area contributed by atoms with Crippen LogP contribution in [0, 0.1) is 0 Å². The fourth-order valence-corrected chi connectivity index (χ4v) is 4.64. The number of nitrogens with two attached hydrogens (primary N) is 1. The summed E-state index contributed by atoms with van der Waals surface area (Å²) in [5, 5.41) is 10.1. The number of sulfonamides is 1. The monoisotopic (exact) mass is 440 g/mol. The minimum absolute atomic E-state index is 0.0875. The van der Waals surface area contributed by atoms with E-state index < -0.39 is 10.0 Å². The lowest BCUT2D eigenvalue weighted by atomic mass is 10.1. The number of primary sulfonamides is 1. The van der Waals surface area contributed by atoms with Crippen LogP contribution in [0.3, 0.4) is 0 Å². The summed E-state index contributed by atoms with van der Waals surface area (Å²) in [4.78, 5) is 2.45. The van der Waals surface area contributed by atoms with Crippen LogP contribution < -0.4 is 5.14 Å². The van der Waals surface area contributed by atoms with Gasteiger partial charge in [-0.15, -0.1) is 0 Å². The molecular formula is C23H28N4O3S. The molecule has 3 aromatic rings. The third-order valence-electron chi connectivity index (χ3n) is 5.35. The lowest BCUT2D eigenvalue weighted by Crippen LogP contribution is -2.44. The summed E-state index contributed by atoms with van der Waals surface area (Å²) in [5.74, 6) is 0. The minimum atomic E-state index is -3.73. The average Bonchev–Trinajstić information content (AvgIpc) is 3.09. The largest absolute Gasteiger partial charge is 0.373 e. The Balaban J connectivity index is 1.65. The maximum Gasteiger partial charge on any atom is 0.238 e. The van der Waals surface area contributed by atoms with Gasteiger partial charge < -0.3 is 4.74 Å². The van der Waals surface area contributed by atoms with Crippen molar-refractivity contribution < 1.29 is 13.2 Å². The molecule has 2 aromatic carbocycles. The van der Waals surface area contributed by atoms with Crippen molar-refractivity contribution in [3.05, 3.63) is 77.6 Å². The quantitative estimate of drug-likeness (QED) is 0.637. The van der Waals surface area contributed by atoms with Crippen molar-refractivity contribution in [3.8, 4) is 5.69 Å². The van der Waals surface area contributed by atoms with E-state index in [1.54, 1.807) is 12.1 Å². The van der Waals surface area contributed by atoms with E-state index in [2.05, 4.69) is 36.9 Å². The molecule has 7 nitrogen and oxygen atoms in total.